The number of aromatic nitrogens is 1. The highest BCUT2D eigenvalue weighted by molar-refractivity contribution is 7.92. The molecule has 30 heavy (non-hydrogen) atoms. The molecule has 0 spiro atoms. The summed E-state index contributed by atoms with van der Waals surface area (Å²) in [6.07, 6.45) is 1.59. The number of hydrogen-bond donors (Lipinski definition) is 0. The van der Waals surface area contributed by atoms with Gasteiger partial charge in [0.15, 0.2) is 15.0 Å². The molecular weight excluding hydrogens is 426 g/mol. The fourth-order valence-corrected chi connectivity index (χ4v) is 6.46. The number of sulfone groups is 1. The van der Waals surface area contributed by atoms with E-state index in [0.29, 0.717) is 25.9 Å². The average molecular weight is 449 g/mol. The number of anilines is 1. The summed E-state index contributed by atoms with van der Waals surface area (Å²) in [6, 6.07) is 11.4. The lowest BCUT2D eigenvalue weighted by Gasteiger charge is -2.31. The van der Waals surface area contributed by atoms with Crippen LogP contribution in [0.4, 0.5) is 13.9 Å². The maximum absolute atomic E-state index is 14.0. The largest absolute Gasteiger partial charge is 0.348 e. The summed E-state index contributed by atoms with van der Waals surface area (Å²) in [5.74, 6) is -2.06. The van der Waals surface area contributed by atoms with Crippen molar-refractivity contribution >= 4 is 26.3 Å². The van der Waals surface area contributed by atoms with Gasteiger partial charge in [-0.2, -0.15) is 0 Å². The van der Waals surface area contributed by atoms with Crippen molar-refractivity contribution < 1.29 is 17.2 Å². The first-order valence-corrected chi connectivity index (χ1v) is 12.3. The highest BCUT2D eigenvalue weighted by atomic mass is 32.2. The van der Waals surface area contributed by atoms with Crippen molar-refractivity contribution in [2.24, 2.45) is 0 Å². The van der Waals surface area contributed by atoms with Crippen LogP contribution in [0, 0.1) is 11.6 Å². The van der Waals surface area contributed by atoms with Crippen LogP contribution >= 0.6 is 11.3 Å². The lowest BCUT2D eigenvalue weighted by atomic mass is 10.1. The van der Waals surface area contributed by atoms with E-state index in [0.717, 1.165) is 34.9 Å². The van der Waals surface area contributed by atoms with E-state index in [2.05, 4.69) is 31.2 Å². The second-order valence-electron chi connectivity index (χ2n) is 7.35. The summed E-state index contributed by atoms with van der Waals surface area (Å²) in [4.78, 5) is 5.94. The Kier molecular flexibility index (Phi) is 5.88. The average Bonchev–Trinajstić information content (AvgIpc) is 3.24. The minimum absolute atomic E-state index is 0.302. The van der Waals surface area contributed by atoms with Crippen molar-refractivity contribution in [2.75, 3.05) is 18.0 Å². The number of halogens is 2. The van der Waals surface area contributed by atoms with Gasteiger partial charge in [0.05, 0.1) is 10.9 Å². The van der Waals surface area contributed by atoms with Crippen LogP contribution in [-0.4, -0.2) is 31.7 Å². The monoisotopic (exact) mass is 448 g/mol. The van der Waals surface area contributed by atoms with Crippen LogP contribution in [0.15, 0.2) is 52.7 Å². The maximum Gasteiger partial charge on any atom is 0.187 e. The van der Waals surface area contributed by atoms with Crippen LogP contribution < -0.4 is 4.90 Å². The second-order valence-corrected chi connectivity index (χ2v) is 10.3. The number of thiazole rings is 1. The van der Waals surface area contributed by atoms with Crippen molar-refractivity contribution in [3.05, 3.63) is 65.0 Å². The molecule has 0 saturated carbocycles. The zero-order valence-corrected chi connectivity index (χ0v) is 18.1. The quantitative estimate of drug-likeness (QED) is 0.545. The van der Waals surface area contributed by atoms with E-state index < -0.39 is 31.6 Å². The van der Waals surface area contributed by atoms with Gasteiger partial charge in [-0.05, 0) is 37.0 Å². The standard InChI is InChI=1S/C22H22F2N2O2S2/c1-2-15-6-8-16(9-7-15)20-14-29-22(25-20)26-12-10-17(11-13-26)30(27,28)21-18(23)4-3-5-19(21)24/h3-9,14,17H,2,10-13H2,1H3. The third kappa shape index (κ3) is 3.98. The molecule has 2 aromatic carbocycles. The molecule has 8 heteroatoms. The SMILES string of the molecule is CCc1ccc(-c2csc(N3CCC(S(=O)(=O)c4c(F)cccc4F)CC3)n2)cc1. The zero-order valence-electron chi connectivity index (χ0n) is 16.5. The lowest BCUT2D eigenvalue weighted by molar-refractivity contribution is 0.497. The fraction of sp³-hybridized carbons (Fsp3) is 0.318. The number of aryl methyl sites for hydroxylation is 1. The van der Waals surface area contributed by atoms with Crippen molar-refractivity contribution in [3.8, 4) is 11.3 Å². The molecule has 0 bridgehead atoms. The Morgan fingerprint density at radius 3 is 2.30 bits per heavy atom. The minimum Gasteiger partial charge on any atom is -0.348 e. The summed E-state index contributed by atoms with van der Waals surface area (Å²) in [5.41, 5.74) is 3.20. The summed E-state index contributed by atoms with van der Waals surface area (Å²) >= 11 is 1.52. The summed E-state index contributed by atoms with van der Waals surface area (Å²) in [6.45, 7) is 3.06. The topological polar surface area (TPSA) is 50.3 Å². The van der Waals surface area contributed by atoms with E-state index in [9.17, 15) is 17.2 Å². The number of hydrogen-bond acceptors (Lipinski definition) is 5. The van der Waals surface area contributed by atoms with Crippen molar-refractivity contribution in [2.45, 2.75) is 36.3 Å². The molecule has 1 aromatic heterocycles. The van der Waals surface area contributed by atoms with Gasteiger partial charge in [0, 0.05) is 24.0 Å². The van der Waals surface area contributed by atoms with E-state index >= 15 is 0 Å². The van der Waals surface area contributed by atoms with Crippen molar-refractivity contribution in [1.82, 2.24) is 4.98 Å². The molecule has 1 fully saturated rings. The van der Waals surface area contributed by atoms with Crippen LogP contribution in [-0.2, 0) is 16.3 Å². The normalized spacial score (nSPS) is 15.5. The fourth-order valence-electron chi connectivity index (χ4n) is 3.73. The Morgan fingerprint density at radius 2 is 1.70 bits per heavy atom. The van der Waals surface area contributed by atoms with Gasteiger partial charge in [-0.3, -0.25) is 0 Å². The first kappa shape index (κ1) is 20.9. The van der Waals surface area contributed by atoms with Gasteiger partial charge >= 0.3 is 0 Å². The number of piperidine rings is 1. The zero-order chi connectivity index (χ0) is 21.3. The maximum atomic E-state index is 14.0. The van der Waals surface area contributed by atoms with E-state index in [1.165, 1.54) is 23.0 Å². The Bertz CT molecular complexity index is 1120. The molecule has 0 atom stereocenters. The predicted molar refractivity (Wildman–Crippen MR) is 116 cm³/mol. The molecule has 1 saturated heterocycles. The molecule has 3 aromatic rings. The molecule has 4 rings (SSSR count). The molecule has 0 amide bonds. The molecule has 1 aliphatic rings. The van der Waals surface area contributed by atoms with Crippen LogP contribution in [0.2, 0.25) is 0 Å². The molecule has 1 aliphatic heterocycles. The summed E-state index contributed by atoms with van der Waals surface area (Å²) < 4.78 is 53.6. The van der Waals surface area contributed by atoms with Gasteiger partial charge in [-0.1, -0.05) is 37.3 Å². The molecule has 0 N–H and O–H groups in total. The highest BCUT2D eigenvalue weighted by Crippen LogP contribution is 2.33. The molecule has 158 valence electrons. The smallest absolute Gasteiger partial charge is 0.187 e. The van der Waals surface area contributed by atoms with Crippen molar-refractivity contribution in [3.63, 3.8) is 0 Å². The molecule has 0 radical (unpaired) electrons. The number of rotatable bonds is 5. The Hall–Kier alpha value is -2.32. The van der Waals surface area contributed by atoms with Gasteiger partial charge in [0.2, 0.25) is 0 Å². The van der Waals surface area contributed by atoms with Gasteiger partial charge < -0.3 is 4.90 Å². The molecule has 4 nitrogen and oxygen atoms in total. The van der Waals surface area contributed by atoms with Gasteiger partial charge in [-0.15, -0.1) is 11.3 Å². The second kappa shape index (κ2) is 8.43. The molecular formula is C22H22F2N2O2S2. The Balaban J connectivity index is 1.47. The minimum atomic E-state index is -4.07. The first-order valence-electron chi connectivity index (χ1n) is 9.88. The van der Waals surface area contributed by atoms with Crippen LogP contribution in [0.3, 0.4) is 0 Å². The first-order chi connectivity index (χ1) is 14.4. The van der Waals surface area contributed by atoms with Crippen LogP contribution in [0.25, 0.3) is 11.3 Å². The van der Waals surface area contributed by atoms with Gasteiger partial charge in [0.25, 0.3) is 0 Å². The number of nitrogens with zero attached hydrogens (tertiary/aromatic N) is 2. The van der Waals surface area contributed by atoms with E-state index in [-0.39, 0.29) is 0 Å². The van der Waals surface area contributed by atoms with Crippen molar-refractivity contribution in [1.29, 1.82) is 0 Å². The van der Waals surface area contributed by atoms with E-state index in [1.54, 1.807) is 0 Å². The lowest BCUT2D eigenvalue weighted by Crippen LogP contribution is -2.39. The van der Waals surface area contributed by atoms with Crippen LogP contribution in [0.1, 0.15) is 25.3 Å². The summed E-state index contributed by atoms with van der Waals surface area (Å²) in [5, 5.41) is 2.02. The van der Waals surface area contributed by atoms with E-state index in [4.69, 9.17) is 4.98 Å². The van der Waals surface area contributed by atoms with E-state index in [1.807, 2.05) is 10.3 Å². The molecule has 0 aliphatic carbocycles. The summed E-state index contributed by atoms with van der Waals surface area (Å²) in [7, 11) is -4.07. The highest BCUT2D eigenvalue weighted by Gasteiger charge is 2.35. The van der Waals surface area contributed by atoms with Gasteiger partial charge in [0.1, 0.15) is 16.5 Å². The predicted octanol–water partition coefficient (Wildman–Crippen LogP) is 5.09. The third-order valence-corrected chi connectivity index (χ3v) is 8.71. The van der Waals surface area contributed by atoms with Gasteiger partial charge in [-0.25, -0.2) is 22.2 Å². The molecule has 0 unspecified atom stereocenters. The Morgan fingerprint density at radius 1 is 1.07 bits per heavy atom. The molecule has 2 heterocycles. The Labute approximate surface area is 179 Å². The third-order valence-electron chi connectivity index (χ3n) is 5.50. The number of benzene rings is 2. The van der Waals surface area contributed by atoms with Crippen LogP contribution in [0.5, 0.6) is 0 Å².